The van der Waals surface area contributed by atoms with Crippen molar-refractivity contribution >= 4 is 23.1 Å². The van der Waals surface area contributed by atoms with E-state index >= 15 is 0 Å². The van der Waals surface area contributed by atoms with Crippen molar-refractivity contribution in [1.82, 2.24) is 0 Å². The predicted octanol–water partition coefficient (Wildman–Crippen LogP) is 8.51. The van der Waals surface area contributed by atoms with E-state index in [0.717, 1.165) is 25.2 Å². The summed E-state index contributed by atoms with van der Waals surface area (Å²) in [6.45, 7) is 3.20. The Balaban J connectivity index is 1.55. The Morgan fingerprint density at radius 2 is 1.28 bits per heavy atom. The first-order valence-electron chi connectivity index (χ1n) is 15.7. The van der Waals surface area contributed by atoms with Gasteiger partial charge in [0.25, 0.3) is 0 Å². The lowest BCUT2D eigenvalue weighted by Gasteiger charge is -2.58. The summed E-state index contributed by atoms with van der Waals surface area (Å²) in [6, 6.07) is 0. The second-order valence-electron chi connectivity index (χ2n) is 12.8. The Labute approximate surface area is 228 Å². The second-order valence-corrected chi connectivity index (χ2v) is 15.0. The van der Waals surface area contributed by atoms with Gasteiger partial charge in [0.2, 0.25) is 0 Å². The first kappa shape index (κ1) is 27.9. The smallest absolute Gasteiger partial charge is 0.305 e. The molecule has 5 rings (SSSR count). The van der Waals surface area contributed by atoms with Crippen molar-refractivity contribution in [2.24, 2.45) is 23.7 Å². The minimum Gasteiger partial charge on any atom is -0.363 e. The van der Waals surface area contributed by atoms with E-state index in [0.29, 0.717) is 17.8 Å². The van der Waals surface area contributed by atoms with Crippen molar-refractivity contribution in [2.45, 2.75) is 152 Å². The van der Waals surface area contributed by atoms with Gasteiger partial charge in [-0.3, -0.25) is 8.37 Å². The van der Waals surface area contributed by atoms with Crippen LogP contribution in [0.25, 0.3) is 0 Å². The highest BCUT2D eigenvalue weighted by atomic mass is 32.2. The third kappa shape index (κ3) is 6.24. The molecule has 1 saturated heterocycles. The van der Waals surface area contributed by atoms with Crippen LogP contribution in [0.5, 0.6) is 0 Å². The number of thioether (sulfide) groups is 1. The molecule has 4 aliphatic carbocycles. The Morgan fingerprint density at radius 1 is 0.778 bits per heavy atom. The molecule has 3 atom stereocenters. The molecule has 0 radical (unpaired) electrons. The van der Waals surface area contributed by atoms with Crippen molar-refractivity contribution in [3.63, 3.8) is 0 Å². The van der Waals surface area contributed by atoms with E-state index in [2.05, 4.69) is 6.92 Å². The van der Waals surface area contributed by atoms with Crippen LogP contribution < -0.4 is 0 Å². The Hall–Kier alpha value is 0.380. The van der Waals surface area contributed by atoms with Gasteiger partial charge in [0.05, 0.1) is 18.3 Å². The third-order valence-electron chi connectivity index (χ3n) is 10.5. The normalized spacial score (nSPS) is 32.5. The van der Waals surface area contributed by atoms with Crippen LogP contribution in [-0.2, 0) is 24.5 Å². The van der Waals surface area contributed by atoms with E-state index in [4.69, 9.17) is 13.1 Å². The summed E-state index contributed by atoms with van der Waals surface area (Å²) in [5.74, 6) is 2.85. The molecule has 1 heterocycles. The predicted molar refractivity (Wildman–Crippen MR) is 150 cm³/mol. The fourth-order valence-electron chi connectivity index (χ4n) is 8.93. The average Bonchev–Trinajstić information content (AvgIpc) is 3.37. The summed E-state index contributed by atoms with van der Waals surface area (Å²) in [5.41, 5.74) is -0.408. The summed E-state index contributed by atoms with van der Waals surface area (Å²) in [5, 5.41) is 0. The van der Waals surface area contributed by atoms with Gasteiger partial charge in [-0.05, 0) is 76.0 Å². The van der Waals surface area contributed by atoms with Gasteiger partial charge >= 0.3 is 11.4 Å². The minimum atomic E-state index is -1.70. The highest BCUT2D eigenvalue weighted by molar-refractivity contribution is 8.00. The second kappa shape index (κ2) is 13.2. The van der Waals surface area contributed by atoms with E-state index < -0.39 is 17.0 Å². The summed E-state index contributed by atoms with van der Waals surface area (Å²) in [4.78, 5) is -0.258. The van der Waals surface area contributed by atoms with Crippen LogP contribution in [0, 0.1) is 23.7 Å². The maximum Gasteiger partial charge on any atom is 0.305 e. The topological polar surface area (TPSA) is 44.8 Å². The number of hydrogen-bond acceptors (Lipinski definition) is 5. The molecule has 5 fully saturated rings. The van der Waals surface area contributed by atoms with Crippen molar-refractivity contribution in [3.8, 4) is 0 Å². The van der Waals surface area contributed by atoms with Crippen molar-refractivity contribution in [3.05, 3.63) is 0 Å². The Morgan fingerprint density at radius 3 is 1.78 bits per heavy atom. The Kier molecular flexibility index (Phi) is 10.2. The molecule has 0 aromatic carbocycles. The summed E-state index contributed by atoms with van der Waals surface area (Å²) < 4.78 is 34.1. The molecule has 0 spiro atoms. The molecule has 6 heteroatoms. The van der Waals surface area contributed by atoms with E-state index in [9.17, 15) is 4.21 Å². The summed E-state index contributed by atoms with van der Waals surface area (Å²) in [6.07, 6.45) is 24.9. The average molecular weight is 541 g/mol. The van der Waals surface area contributed by atoms with Crippen LogP contribution in [0.3, 0.4) is 0 Å². The van der Waals surface area contributed by atoms with E-state index in [-0.39, 0.29) is 17.0 Å². The van der Waals surface area contributed by atoms with Crippen molar-refractivity contribution in [1.29, 1.82) is 0 Å². The molecule has 0 amide bonds. The molecule has 36 heavy (non-hydrogen) atoms. The zero-order valence-corrected chi connectivity index (χ0v) is 24.5. The molecule has 0 aromatic rings. The fourth-order valence-corrected chi connectivity index (χ4v) is 11.3. The van der Waals surface area contributed by atoms with Gasteiger partial charge < -0.3 is 4.74 Å². The molecule has 1 aliphatic heterocycles. The van der Waals surface area contributed by atoms with E-state index in [1.54, 1.807) is 0 Å². The zero-order valence-electron chi connectivity index (χ0n) is 22.9. The molecule has 4 nitrogen and oxygen atoms in total. The van der Waals surface area contributed by atoms with Gasteiger partial charge in [0, 0.05) is 11.7 Å². The van der Waals surface area contributed by atoms with Crippen LogP contribution in [0.15, 0.2) is 0 Å². The molecule has 0 N–H and O–H groups in total. The van der Waals surface area contributed by atoms with Crippen LogP contribution in [0.2, 0.25) is 0 Å². The maximum atomic E-state index is 13.9. The van der Waals surface area contributed by atoms with E-state index in [1.165, 1.54) is 116 Å². The molecule has 4 saturated carbocycles. The zero-order chi connectivity index (χ0) is 24.8. The van der Waals surface area contributed by atoms with Crippen molar-refractivity contribution < 1.29 is 17.3 Å². The lowest BCUT2D eigenvalue weighted by atomic mass is 9.56. The van der Waals surface area contributed by atoms with Crippen LogP contribution in [0.1, 0.15) is 135 Å². The molecule has 0 bridgehead atoms. The lowest BCUT2D eigenvalue weighted by Crippen LogP contribution is -2.62. The lowest BCUT2D eigenvalue weighted by molar-refractivity contribution is -0.176. The molecular weight excluding hydrogens is 488 g/mol. The van der Waals surface area contributed by atoms with E-state index in [1.807, 2.05) is 11.8 Å². The third-order valence-corrected chi connectivity index (χ3v) is 12.7. The van der Waals surface area contributed by atoms with Gasteiger partial charge in [-0.2, -0.15) is 4.21 Å². The number of rotatable bonds is 9. The van der Waals surface area contributed by atoms with Gasteiger partial charge in [-0.1, -0.05) is 77.0 Å². The minimum absolute atomic E-state index is 0.0933. The standard InChI is InChI=1S/C30H52O4S2/c1-29(32-22-23-35-29)28(24-14-6-2-7-15-24)30(25-16-8-3-9-17-25,26-18-10-4-11-19-26)34-36(31)33-27-20-12-5-13-21-27/h24-28H,2-23H2,1H3. The van der Waals surface area contributed by atoms with Gasteiger partial charge in [0.1, 0.15) is 4.93 Å². The fraction of sp³-hybridized carbons (Fsp3) is 1.00. The van der Waals surface area contributed by atoms with Crippen LogP contribution in [0.4, 0.5) is 0 Å². The monoisotopic (exact) mass is 540 g/mol. The molecule has 3 unspecified atom stereocenters. The van der Waals surface area contributed by atoms with Crippen LogP contribution in [-0.4, -0.2) is 33.2 Å². The number of hydrogen-bond donors (Lipinski definition) is 0. The van der Waals surface area contributed by atoms with Gasteiger partial charge in [-0.15, -0.1) is 11.8 Å². The number of ether oxygens (including phenoxy) is 1. The quantitative estimate of drug-likeness (QED) is 0.293. The van der Waals surface area contributed by atoms with Crippen molar-refractivity contribution in [2.75, 3.05) is 12.4 Å². The highest BCUT2D eigenvalue weighted by Crippen LogP contribution is 2.60. The SMILES string of the molecule is CC1(C(C2CCCCC2)C(OS(=O)OC2CCCCC2)(C2CCCCC2)C2CCCCC2)OCCS1. The molecular formula is C30H52O4S2. The van der Waals surface area contributed by atoms with Crippen LogP contribution >= 0.6 is 11.8 Å². The summed E-state index contributed by atoms with van der Waals surface area (Å²) >= 11 is 0.324. The summed E-state index contributed by atoms with van der Waals surface area (Å²) in [7, 11) is 0. The van der Waals surface area contributed by atoms with Gasteiger partial charge in [0.15, 0.2) is 0 Å². The highest BCUT2D eigenvalue weighted by Gasteiger charge is 2.62. The van der Waals surface area contributed by atoms with Gasteiger partial charge in [-0.25, -0.2) is 0 Å². The molecule has 0 aromatic heterocycles. The first-order valence-corrected chi connectivity index (χ1v) is 17.7. The maximum absolute atomic E-state index is 13.9. The largest absolute Gasteiger partial charge is 0.363 e. The molecule has 208 valence electrons. The first-order chi connectivity index (χ1) is 17.6. The Bertz CT molecular complexity index is 667. The molecule has 5 aliphatic rings.